The van der Waals surface area contributed by atoms with E-state index in [0.29, 0.717) is 36.7 Å². The number of amides is 1. The molecule has 0 saturated carbocycles. The van der Waals surface area contributed by atoms with Gasteiger partial charge in [0, 0.05) is 49.9 Å². The van der Waals surface area contributed by atoms with Gasteiger partial charge in [0.05, 0.1) is 27.8 Å². The number of carbonyl (C=O) groups is 1. The highest BCUT2D eigenvalue weighted by Crippen LogP contribution is 2.34. The fourth-order valence-electron chi connectivity index (χ4n) is 4.50. The van der Waals surface area contributed by atoms with Crippen molar-refractivity contribution in [2.24, 2.45) is 0 Å². The molecule has 1 fully saturated rings. The monoisotopic (exact) mass is 498 g/mol. The molecule has 5 aromatic rings. The maximum absolute atomic E-state index is 15.2. The molecule has 6 rings (SSSR count). The molecule has 3 aromatic carbocycles. The summed E-state index contributed by atoms with van der Waals surface area (Å²) in [5, 5.41) is 0.799. The van der Waals surface area contributed by atoms with Crippen molar-refractivity contribution >= 4 is 38.4 Å². The van der Waals surface area contributed by atoms with Gasteiger partial charge in [0.2, 0.25) is 5.91 Å². The van der Waals surface area contributed by atoms with Crippen LogP contribution in [0.2, 0.25) is 0 Å². The van der Waals surface area contributed by atoms with Crippen LogP contribution in [-0.4, -0.2) is 52.4 Å². The molecule has 0 bridgehead atoms. The molecule has 3 heterocycles. The van der Waals surface area contributed by atoms with Crippen molar-refractivity contribution in [2.75, 3.05) is 26.7 Å². The van der Waals surface area contributed by atoms with Gasteiger partial charge in [-0.15, -0.1) is 11.3 Å². The summed E-state index contributed by atoms with van der Waals surface area (Å²) >= 11 is 1.58. The predicted octanol–water partition coefficient (Wildman–Crippen LogP) is 5.72. The van der Waals surface area contributed by atoms with Gasteiger partial charge in [-0.1, -0.05) is 18.2 Å². The topological polar surface area (TPSA) is 58.6 Å². The van der Waals surface area contributed by atoms with E-state index in [1.54, 1.807) is 34.6 Å². The molecular formula is C28H23FN4O2S. The van der Waals surface area contributed by atoms with Crippen LogP contribution in [0.5, 0.6) is 11.5 Å². The summed E-state index contributed by atoms with van der Waals surface area (Å²) in [7, 11) is 1.81. The lowest BCUT2D eigenvalue weighted by Gasteiger charge is -2.31. The van der Waals surface area contributed by atoms with Crippen molar-refractivity contribution < 1.29 is 13.9 Å². The number of hydrogen-bond acceptors (Lipinski definition) is 6. The molecule has 0 aliphatic carbocycles. The van der Waals surface area contributed by atoms with Crippen molar-refractivity contribution in [1.29, 1.82) is 0 Å². The molecule has 6 nitrogen and oxygen atoms in total. The van der Waals surface area contributed by atoms with Crippen LogP contribution in [0.25, 0.3) is 32.2 Å². The number of pyridine rings is 1. The van der Waals surface area contributed by atoms with Crippen molar-refractivity contribution in [3.63, 3.8) is 0 Å². The Kier molecular flexibility index (Phi) is 5.83. The predicted molar refractivity (Wildman–Crippen MR) is 140 cm³/mol. The second-order valence-electron chi connectivity index (χ2n) is 8.97. The van der Waals surface area contributed by atoms with E-state index < -0.39 is 0 Å². The van der Waals surface area contributed by atoms with Crippen LogP contribution in [-0.2, 0) is 11.3 Å². The SMILES string of the molecule is CN1CCN(Cc2ccc(-c3ccc4nccc(Oc5ccc6scnc6c5)c4c3)c(F)c2)CC1=O. The summed E-state index contributed by atoms with van der Waals surface area (Å²) in [4.78, 5) is 24.6. The average molecular weight is 499 g/mol. The van der Waals surface area contributed by atoms with Gasteiger partial charge in [0.1, 0.15) is 17.3 Å². The number of fused-ring (bicyclic) bond motifs is 2. The van der Waals surface area contributed by atoms with Gasteiger partial charge in [0.25, 0.3) is 0 Å². The van der Waals surface area contributed by atoms with E-state index in [-0.39, 0.29) is 11.7 Å². The summed E-state index contributed by atoms with van der Waals surface area (Å²) in [6, 6.07) is 18.6. The lowest BCUT2D eigenvalue weighted by atomic mass is 10.0. The average Bonchev–Trinajstić information content (AvgIpc) is 3.34. The number of piperazine rings is 1. The first-order valence-corrected chi connectivity index (χ1v) is 12.6. The van der Waals surface area contributed by atoms with Crippen molar-refractivity contribution in [3.05, 3.63) is 83.8 Å². The Bertz CT molecular complexity index is 1600. The largest absolute Gasteiger partial charge is 0.457 e. The number of likely N-dealkylation sites (N-methyl/N-ethyl adjacent to an activating group) is 1. The summed E-state index contributed by atoms with van der Waals surface area (Å²) in [6.07, 6.45) is 1.71. The molecule has 1 amide bonds. The molecule has 0 spiro atoms. The van der Waals surface area contributed by atoms with Crippen LogP contribution in [0.15, 0.2) is 72.4 Å². The van der Waals surface area contributed by atoms with Gasteiger partial charge in [-0.2, -0.15) is 0 Å². The van der Waals surface area contributed by atoms with E-state index in [1.807, 2.05) is 66.0 Å². The summed E-state index contributed by atoms with van der Waals surface area (Å²) in [5.41, 5.74) is 5.57. The van der Waals surface area contributed by atoms with Crippen LogP contribution in [0.3, 0.4) is 0 Å². The standard InChI is InChI=1S/C28H23FN4O2S/c1-32-10-11-33(16-28(32)34)15-18-2-5-21(23(29)12-18)19-3-6-24-22(13-19)26(8-9-30-24)35-20-4-7-27-25(14-20)31-17-36-27/h2-9,12-14,17H,10-11,15-16H2,1H3. The number of rotatable bonds is 5. The maximum atomic E-state index is 15.2. The highest BCUT2D eigenvalue weighted by Gasteiger charge is 2.21. The highest BCUT2D eigenvalue weighted by atomic mass is 32.1. The number of ether oxygens (including phenoxy) is 1. The number of carbonyl (C=O) groups excluding carboxylic acids is 1. The third-order valence-electron chi connectivity index (χ3n) is 6.52. The fraction of sp³-hybridized carbons (Fsp3) is 0.179. The molecule has 0 N–H and O–H groups in total. The zero-order valence-corrected chi connectivity index (χ0v) is 20.5. The Morgan fingerprint density at radius 1 is 1.00 bits per heavy atom. The molecule has 0 unspecified atom stereocenters. The second-order valence-corrected chi connectivity index (χ2v) is 9.85. The molecular weight excluding hydrogens is 475 g/mol. The van der Waals surface area contributed by atoms with Crippen LogP contribution in [0.1, 0.15) is 5.56 Å². The third kappa shape index (κ3) is 4.41. The minimum absolute atomic E-state index is 0.0904. The van der Waals surface area contributed by atoms with Crippen molar-refractivity contribution in [2.45, 2.75) is 6.54 Å². The normalized spacial score (nSPS) is 14.6. The summed E-state index contributed by atoms with van der Waals surface area (Å²) in [5.74, 6) is 1.12. The minimum Gasteiger partial charge on any atom is -0.457 e. The Balaban J connectivity index is 1.28. The number of hydrogen-bond donors (Lipinski definition) is 0. The van der Waals surface area contributed by atoms with E-state index in [0.717, 1.165) is 38.8 Å². The molecule has 2 aromatic heterocycles. The maximum Gasteiger partial charge on any atom is 0.236 e. The molecule has 1 aliphatic rings. The lowest BCUT2D eigenvalue weighted by molar-refractivity contribution is -0.134. The van der Waals surface area contributed by atoms with Gasteiger partial charge in [-0.3, -0.25) is 14.7 Å². The van der Waals surface area contributed by atoms with Crippen LogP contribution < -0.4 is 4.74 Å². The Morgan fingerprint density at radius 2 is 1.92 bits per heavy atom. The Labute approximate surface area is 211 Å². The Hall–Kier alpha value is -3.88. The zero-order valence-electron chi connectivity index (χ0n) is 19.6. The Morgan fingerprint density at radius 3 is 2.78 bits per heavy atom. The highest BCUT2D eigenvalue weighted by molar-refractivity contribution is 7.16. The third-order valence-corrected chi connectivity index (χ3v) is 7.33. The summed E-state index contributed by atoms with van der Waals surface area (Å²) in [6.45, 7) is 2.36. The number of thiazole rings is 1. The van der Waals surface area contributed by atoms with Gasteiger partial charge < -0.3 is 9.64 Å². The van der Waals surface area contributed by atoms with Crippen molar-refractivity contribution in [1.82, 2.24) is 19.8 Å². The van der Waals surface area contributed by atoms with Gasteiger partial charge in [0.15, 0.2) is 0 Å². The molecule has 180 valence electrons. The molecule has 8 heteroatoms. The molecule has 36 heavy (non-hydrogen) atoms. The van der Waals surface area contributed by atoms with Gasteiger partial charge in [-0.05, 0) is 47.5 Å². The summed E-state index contributed by atoms with van der Waals surface area (Å²) < 4.78 is 22.6. The van der Waals surface area contributed by atoms with E-state index in [9.17, 15) is 4.79 Å². The van der Waals surface area contributed by atoms with E-state index in [4.69, 9.17) is 4.74 Å². The zero-order chi connectivity index (χ0) is 24.6. The number of benzene rings is 3. The molecule has 1 saturated heterocycles. The number of aromatic nitrogens is 2. The quantitative estimate of drug-likeness (QED) is 0.310. The molecule has 0 atom stereocenters. The lowest BCUT2D eigenvalue weighted by Crippen LogP contribution is -2.47. The van der Waals surface area contributed by atoms with Crippen LogP contribution in [0.4, 0.5) is 4.39 Å². The second kappa shape index (κ2) is 9.29. The first kappa shape index (κ1) is 22.6. The van der Waals surface area contributed by atoms with Crippen molar-refractivity contribution in [3.8, 4) is 22.6 Å². The number of nitrogens with zero attached hydrogens (tertiary/aromatic N) is 4. The van der Waals surface area contributed by atoms with E-state index in [1.165, 1.54) is 0 Å². The number of halogens is 1. The van der Waals surface area contributed by atoms with Crippen LogP contribution >= 0.6 is 11.3 Å². The minimum atomic E-state index is -0.298. The van der Waals surface area contributed by atoms with Gasteiger partial charge in [-0.25, -0.2) is 9.37 Å². The first-order chi connectivity index (χ1) is 17.5. The van der Waals surface area contributed by atoms with Gasteiger partial charge >= 0.3 is 0 Å². The molecule has 0 radical (unpaired) electrons. The van der Waals surface area contributed by atoms with E-state index in [2.05, 4.69) is 9.97 Å². The van der Waals surface area contributed by atoms with E-state index >= 15 is 4.39 Å². The fourth-order valence-corrected chi connectivity index (χ4v) is 5.16. The first-order valence-electron chi connectivity index (χ1n) is 11.7. The molecule has 1 aliphatic heterocycles. The van der Waals surface area contributed by atoms with Crippen LogP contribution in [0, 0.1) is 5.82 Å². The smallest absolute Gasteiger partial charge is 0.236 e.